The first-order valence-electron chi connectivity index (χ1n) is 12.2. The number of nitrogens with one attached hydrogen (secondary N) is 2. The van der Waals surface area contributed by atoms with Gasteiger partial charge in [0.2, 0.25) is 5.95 Å². The number of rotatable bonds is 6. The van der Waals surface area contributed by atoms with Gasteiger partial charge in [-0.2, -0.15) is 4.98 Å². The molecule has 2 N–H and O–H groups in total. The number of ether oxygens (including phenoxy) is 2. The topological polar surface area (TPSA) is 86.1 Å². The van der Waals surface area contributed by atoms with Gasteiger partial charge in [0, 0.05) is 36.5 Å². The number of hydrogen-bond acceptors (Lipinski definition) is 7. The van der Waals surface area contributed by atoms with Crippen LogP contribution in [0.15, 0.2) is 66.9 Å². The first-order valence-corrected chi connectivity index (χ1v) is 12.2. The maximum absolute atomic E-state index is 5.61. The number of anilines is 1. The average molecular weight is 481 g/mol. The predicted molar refractivity (Wildman–Crippen MR) is 142 cm³/mol. The van der Waals surface area contributed by atoms with Crippen molar-refractivity contribution in [3.63, 3.8) is 0 Å². The van der Waals surface area contributed by atoms with Gasteiger partial charge in [0.25, 0.3) is 0 Å². The number of imidazole rings is 1. The zero-order valence-electron chi connectivity index (χ0n) is 20.4. The smallest absolute Gasteiger partial charge is 0.224 e. The minimum atomic E-state index is 0.304. The molecule has 8 heteroatoms. The number of methoxy groups -OCH3 is 2. The van der Waals surface area contributed by atoms with Crippen molar-refractivity contribution in [2.24, 2.45) is 0 Å². The Hall–Kier alpha value is -4.17. The fourth-order valence-electron chi connectivity index (χ4n) is 4.86. The van der Waals surface area contributed by atoms with Crippen molar-refractivity contribution in [3.8, 4) is 28.7 Å². The number of aromatic nitrogens is 4. The predicted octanol–water partition coefficient (Wildman–Crippen LogP) is 4.82. The molecule has 3 aromatic carbocycles. The molecule has 1 atom stereocenters. The van der Waals surface area contributed by atoms with Crippen molar-refractivity contribution in [1.82, 2.24) is 24.8 Å². The van der Waals surface area contributed by atoms with Crippen molar-refractivity contribution in [1.29, 1.82) is 0 Å². The molecule has 3 heterocycles. The molecule has 1 aliphatic rings. The molecule has 0 bridgehead atoms. The normalized spacial score (nSPS) is 15.8. The molecule has 8 nitrogen and oxygen atoms in total. The highest BCUT2D eigenvalue weighted by Crippen LogP contribution is 2.36. The molecule has 1 fully saturated rings. The van der Waals surface area contributed by atoms with Gasteiger partial charge in [-0.1, -0.05) is 36.4 Å². The third kappa shape index (κ3) is 4.09. The van der Waals surface area contributed by atoms with E-state index < -0.39 is 0 Å². The lowest BCUT2D eigenvalue weighted by molar-refractivity contribution is 0.355. The van der Waals surface area contributed by atoms with Crippen molar-refractivity contribution in [2.45, 2.75) is 18.9 Å². The summed E-state index contributed by atoms with van der Waals surface area (Å²) in [7, 11) is 3.27. The first-order chi connectivity index (χ1) is 17.7. The van der Waals surface area contributed by atoms with Crippen LogP contribution in [0.4, 0.5) is 5.95 Å². The van der Waals surface area contributed by atoms with Gasteiger partial charge >= 0.3 is 0 Å². The summed E-state index contributed by atoms with van der Waals surface area (Å²) < 4.78 is 13.2. The van der Waals surface area contributed by atoms with E-state index in [9.17, 15) is 0 Å². The van der Waals surface area contributed by atoms with Crippen LogP contribution in [0.25, 0.3) is 39.0 Å². The SMILES string of the molecule is COc1cc2nc(-c3ccc4ccccc4c3)n(-c3ccnc(NC4CCCNC4)n3)c2cc1OC. The van der Waals surface area contributed by atoms with Crippen LogP contribution in [0, 0.1) is 0 Å². The van der Waals surface area contributed by atoms with E-state index in [2.05, 4.69) is 50.5 Å². The highest BCUT2D eigenvalue weighted by molar-refractivity contribution is 5.90. The number of piperidine rings is 1. The monoisotopic (exact) mass is 480 g/mol. The average Bonchev–Trinajstić information content (AvgIpc) is 3.31. The molecule has 0 radical (unpaired) electrons. The van der Waals surface area contributed by atoms with Crippen LogP contribution in [0.5, 0.6) is 11.5 Å². The van der Waals surface area contributed by atoms with Crippen LogP contribution in [0.1, 0.15) is 12.8 Å². The molecule has 36 heavy (non-hydrogen) atoms. The maximum atomic E-state index is 5.61. The summed E-state index contributed by atoms with van der Waals surface area (Å²) >= 11 is 0. The number of benzene rings is 3. The minimum absolute atomic E-state index is 0.304. The molecule has 6 rings (SSSR count). The maximum Gasteiger partial charge on any atom is 0.224 e. The standard InChI is InChI=1S/C28H28N6O2/c1-35-24-15-22-23(16-25(24)36-2)34(26-11-13-30-28(33-26)31-21-8-5-12-29-17-21)27(32-22)20-10-9-18-6-3-4-7-19(18)14-20/h3-4,6-7,9-11,13-16,21,29H,5,8,12,17H2,1-2H3,(H,30,31,33). The van der Waals surface area contributed by atoms with Gasteiger partial charge < -0.3 is 20.1 Å². The number of hydrogen-bond donors (Lipinski definition) is 2. The highest BCUT2D eigenvalue weighted by atomic mass is 16.5. The van der Waals surface area contributed by atoms with Crippen LogP contribution in [-0.2, 0) is 0 Å². The third-order valence-corrected chi connectivity index (χ3v) is 6.67. The first kappa shape index (κ1) is 22.3. The summed E-state index contributed by atoms with van der Waals surface area (Å²) in [5.74, 6) is 3.39. The van der Waals surface area contributed by atoms with Gasteiger partial charge in [0.15, 0.2) is 11.5 Å². The Morgan fingerprint density at radius 3 is 2.58 bits per heavy atom. The minimum Gasteiger partial charge on any atom is -0.493 e. The Morgan fingerprint density at radius 2 is 1.78 bits per heavy atom. The Balaban J connectivity index is 1.53. The Labute approximate surface area is 209 Å². The molecule has 0 saturated carbocycles. The lowest BCUT2D eigenvalue weighted by Crippen LogP contribution is -2.38. The molecule has 0 spiro atoms. The Bertz CT molecular complexity index is 1540. The molecule has 182 valence electrons. The van der Waals surface area contributed by atoms with Crippen molar-refractivity contribution >= 4 is 27.8 Å². The zero-order valence-corrected chi connectivity index (χ0v) is 20.4. The molecule has 1 aliphatic heterocycles. The fraction of sp³-hybridized carbons (Fsp3) is 0.250. The summed E-state index contributed by atoms with van der Waals surface area (Å²) in [6.07, 6.45) is 4.02. The molecular weight excluding hydrogens is 452 g/mol. The molecule has 1 saturated heterocycles. The third-order valence-electron chi connectivity index (χ3n) is 6.67. The summed E-state index contributed by atoms with van der Waals surface area (Å²) in [5.41, 5.74) is 2.66. The summed E-state index contributed by atoms with van der Waals surface area (Å²) in [6.45, 7) is 1.96. The number of fused-ring (bicyclic) bond motifs is 2. The molecule has 5 aromatic rings. The van der Waals surface area contributed by atoms with Crippen LogP contribution >= 0.6 is 0 Å². The van der Waals surface area contributed by atoms with E-state index in [1.165, 1.54) is 5.39 Å². The quantitative estimate of drug-likeness (QED) is 0.360. The second-order valence-corrected chi connectivity index (χ2v) is 8.95. The molecule has 1 unspecified atom stereocenters. The molecule has 2 aromatic heterocycles. The van der Waals surface area contributed by atoms with E-state index in [0.717, 1.165) is 59.6 Å². The van der Waals surface area contributed by atoms with Gasteiger partial charge in [-0.3, -0.25) is 4.57 Å². The van der Waals surface area contributed by atoms with Gasteiger partial charge in [0.05, 0.1) is 25.3 Å². The fourth-order valence-corrected chi connectivity index (χ4v) is 4.86. The molecule has 0 aliphatic carbocycles. The molecule has 0 amide bonds. The lowest BCUT2D eigenvalue weighted by Gasteiger charge is -2.23. The van der Waals surface area contributed by atoms with E-state index in [1.807, 2.05) is 30.3 Å². The van der Waals surface area contributed by atoms with E-state index >= 15 is 0 Å². The largest absolute Gasteiger partial charge is 0.493 e. The molecular formula is C28H28N6O2. The van der Waals surface area contributed by atoms with Crippen LogP contribution in [0.3, 0.4) is 0 Å². The highest BCUT2D eigenvalue weighted by Gasteiger charge is 2.20. The summed E-state index contributed by atoms with van der Waals surface area (Å²) in [4.78, 5) is 14.4. The summed E-state index contributed by atoms with van der Waals surface area (Å²) in [5, 5.41) is 9.26. The zero-order chi connectivity index (χ0) is 24.5. The second kappa shape index (κ2) is 9.47. The van der Waals surface area contributed by atoms with Crippen molar-refractivity contribution in [3.05, 3.63) is 66.9 Å². The Kier molecular flexibility index (Phi) is 5.87. The Morgan fingerprint density at radius 1 is 0.944 bits per heavy atom. The van der Waals surface area contributed by atoms with E-state index in [0.29, 0.717) is 23.5 Å². The van der Waals surface area contributed by atoms with Crippen LogP contribution < -0.4 is 20.1 Å². The van der Waals surface area contributed by atoms with Gasteiger partial charge in [-0.15, -0.1) is 0 Å². The van der Waals surface area contributed by atoms with Gasteiger partial charge in [0.1, 0.15) is 11.6 Å². The van der Waals surface area contributed by atoms with E-state index in [4.69, 9.17) is 19.4 Å². The van der Waals surface area contributed by atoms with Crippen molar-refractivity contribution < 1.29 is 9.47 Å². The second-order valence-electron chi connectivity index (χ2n) is 8.95. The van der Waals surface area contributed by atoms with Crippen molar-refractivity contribution in [2.75, 3.05) is 32.6 Å². The number of nitrogens with zero attached hydrogens (tertiary/aromatic N) is 4. The van der Waals surface area contributed by atoms with E-state index in [1.54, 1.807) is 20.4 Å². The van der Waals surface area contributed by atoms with E-state index in [-0.39, 0.29) is 0 Å². The van der Waals surface area contributed by atoms with Crippen LogP contribution in [-0.4, -0.2) is 52.9 Å². The van der Waals surface area contributed by atoms with Gasteiger partial charge in [-0.05, 0) is 42.3 Å². The summed E-state index contributed by atoms with van der Waals surface area (Å²) in [6, 6.07) is 20.8. The van der Waals surface area contributed by atoms with Gasteiger partial charge in [-0.25, -0.2) is 9.97 Å². The van der Waals surface area contributed by atoms with Crippen LogP contribution in [0.2, 0.25) is 0 Å². The lowest BCUT2D eigenvalue weighted by atomic mass is 10.1.